The first-order valence-corrected chi connectivity index (χ1v) is 9.04. The van der Waals surface area contributed by atoms with Gasteiger partial charge in [-0.05, 0) is 59.7 Å². The standard InChI is InChI=1S/C22H20F3N3/c1-27(17-11-9-16(10-12-17)22(23,24)25)21(26)28(2)19-13-8-15-7-6-14-4-3-5-18(19)20(14)15/h3-5,8-13,26H,6-7H2,1-2H3. The van der Waals surface area contributed by atoms with E-state index in [1.165, 1.54) is 28.6 Å². The lowest BCUT2D eigenvalue weighted by molar-refractivity contribution is -0.137. The zero-order chi connectivity index (χ0) is 20.1. The SMILES string of the molecule is CN(C(=N)N(C)c1ccc2c3c(cccc13)CC2)c1ccc(C(F)(F)F)cc1. The van der Waals surface area contributed by atoms with Crippen LogP contribution in [-0.2, 0) is 19.0 Å². The summed E-state index contributed by atoms with van der Waals surface area (Å²) in [4.78, 5) is 3.34. The number of rotatable bonds is 2. The Hall–Kier alpha value is -3.02. The summed E-state index contributed by atoms with van der Waals surface area (Å²) in [7, 11) is 3.49. The van der Waals surface area contributed by atoms with E-state index in [0.717, 1.165) is 36.0 Å². The van der Waals surface area contributed by atoms with E-state index in [4.69, 9.17) is 5.41 Å². The van der Waals surface area contributed by atoms with Gasteiger partial charge in [-0.2, -0.15) is 13.2 Å². The molecule has 0 spiro atoms. The molecule has 1 aliphatic rings. The number of anilines is 2. The second-order valence-electron chi connectivity index (χ2n) is 7.07. The number of hydrogen-bond acceptors (Lipinski definition) is 1. The van der Waals surface area contributed by atoms with E-state index in [1.54, 1.807) is 16.8 Å². The summed E-state index contributed by atoms with van der Waals surface area (Å²) in [6.45, 7) is 0. The Labute approximate surface area is 161 Å². The van der Waals surface area contributed by atoms with Crippen LogP contribution >= 0.6 is 0 Å². The van der Waals surface area contributed by atoms with E-state index >= 15 is 0 Å². The summed E-state index contributed by atoms with van der Waals surface area (Å²) < 4.78 is 38.4. The predicted octanol–water partition coefficient (Wildman–Crippen LogP) is 5.46. The number of hydrogen-bond donors (Lipinski definition) is 1. The zero-order valence-electron chi connectivity index (χ0n) is 15.6. The lowest BCUT2D eigenvalue weighted by Crippen LogP contribution is -2.39. The molecule has 3 nitrogen and oxygen atoms in total. The molecule has 0 atom stereocenters. The summed E-state index contributed by atoms with van der Waals surface area (Å²) in [6.07, 6.45) is -2.31. The first-order chi connectivity index (χ1) is 13.3. The van der Waals surface area contributed by atoms with Gasteiger partial charge < -0.3 is 9.80 Å². The normalized spacial score (nSPS) is 13.0. The monoisotopic (exact) mass is 383 g/mol. The number of aryl methyl sites for hydroxylation is 2. The van der Waals surface area contributed by atoms with Crippen molar-refractivity contribution in [3.05, 3.63) is 71.3 Å². The maximum absolute atomic E-state index is 12.8. The molecule has 1 aliphatic carbocycles. The van der Waals surface area contributed by atoms with E-state index < -0.39 is 11.7 Å². The third-order valence-corrected chi connectivity index (χ3v) is 5.43. The molecule has 6 heteroatoms. The van der Waals surface area contributed by atoms with Gasteiger partial charge in [0.25, 0.3) is 0 Å². The lowest BCUT2D eigenvalue weighted by Gasteiger charge is -2.29. The molecule has 28 heavy (non-hydrogen) atoms. The molecule has 0 bridgehead atoms. The molecule has 0 heterocycles. The van der Waals surface area contributed by atoms with E-state index in [0.29, 0.717) is 5.69 Å². The average molecular weight is 383 g/mol. The van der Waals surface area contributed by atoms with Gasteiger partial charge in [0.05, 0.1) is 11.3 Å². The summed E-state index contributed by atoms with van der Waals surface area (Å²) >= 11 is 0. The summed E-state index contributed by atoms with van der Waals surface area (Å²) in [6, 6.07) is 15.2. The van der Waals surface area contributed by atoms with Crippen LogP contribution in [-0.4, -0.2) is 20.1 Å². The first-order valence-electron chi connectivity index (χ1n) is 9.04. The van der Waals surface area contributed by atoms with Crippen molar-refractivity contribution >= 4 is 28.1 Å². The largest absolute Gasteiger partial charge is 0.416 e. The number of nitrogens with one attached hydrogen (secondary N) is 1. The van der Waals surface area contributed by atoms with Crippen molar-refractivity contribution < 1.29 is 13.2 Å². The highest BCUT2D eigenvalue weighted by Gasteiger charge is 2.30. The van der Waals surface area contributed by atoms with Gasteiger partial charge in [-0.1, -0.05) is 24.3 Å². The molecule has 4 rings (SSSR count). The molecule has 0 radical (unpaired) electrons. The van der Waals surface area contributed by atoms with Crippen LogP contribution in [0.5, 0.6) is 0 Å². The van der Waals surface area contributed by atoms with Gasteiger partial charge in [0.15, 0.2) is 0 Å². The number of alkyl halides is 3. The number of halogens is 3. The van der Waals surface area contributed by atoms with Gasteiger partial charge in [0, 0.05) is 25.2 Å². The van der Waals surface area contributed by atoms with Crippen LogP contribution in [0.3, 0.4) is 0 Å². The Morgan fingerprint density at radius 1 is 0.857 bits per heavy atom. The Bertz CT molecular complexity index is 1040. The van der Waals surface area contributed by atoms with Gasteiger partial charge in [-0.15, -0.1) is 0 Å². The molecule has 0 unspecified atom stereocenters. The maximum atomic E-state index is 12.8. The zero-order valence-corrected chi connectivity index (χ0v) is 15.6. The molecule has 0 saturated carbocycles. The second-order valence-corrected chi connectivity index (χ2v) is 7.07. The third kappa shape index (κ3) is 2.99. The molecular formula is C22H20F3N3. The fraction of sp³-hybridized carbons (Fsp3) is 0.227. The number of benzene rings is 3. The smallest absolute Gasteiger partial charge is 0.316 e. The highest BCUT2D eigenvalue weighted by molar-refractivity contribution is 6.10. The van der Waals surface area contributed by atoms with Crippen LogP contribution in [0.25, 0.3) is 10.8 Å². The van der Waals surface area contributed by atoms with Crippen molar-refractivity contribution in [3.8, 4) is 0 Å². The minimum absolute atomic E-state index is 0.179. The molecule has 0 fully saturated rings. The van der Waals surface area contributed by atoms with Crippen LogP contribution in [0.1, 0.15) is 16.7 Å². The average Bonchev–Trinajstić information content (AvgIpc) is 3.11. The van der Waals surface area contributed by atoms with Crippen LogP contribution in [0.4, 0.5) is 24.5 Å². The van der Waals surface area contributed by atoms with Crippen molar-refractivity contribution in [1.29, 1.82) is 5.41 Å². The molecule has 0 amide bonds. The first kappa shape index (κ1) is 18.3. The molecular weight excluding hydrogens is 363 g/mol. The van der Waals surface area contributed by atoms with Crippen LogP contribution < -0.4 is 9.80 Å². The Kier molecular flexibility index (Phi) is 4.29. The van der Waals surface area contributed by atoms with E-state index in [2.05, 4.69) is 18.2 Å². The molecule has 3 aromatic rings. The van der Waals surface area contributed by atoms with Crippen LogP contribution in [0, 0.1) is 5.41 Å². The minimum atomic E-state index is -4.37. The second kappa shape index (κ2) is 6.55. The number of nitrogens with zero attached hydrogens (tertiary/aromatic N) is 2. The maximum Gasteiger partial charge on any atom is 0.416 e. The van der Waals surface area contributed by atoms with Gasteiger partial charge in [-0.3, -0.25) is 5.41 Å². The van der Waals surface area contributed by atoms with Gasteiger partial charge >= 0.3 is 6.18 Å². The van der Waals surface area contributed by atoms with E-state index in [-0.39, 0.29) is 5.96 Å². The fourth-order valence-corrected chi connectivity index (χ4v) is 3.86. The van der Waals surface area contributed by atoms with Gasteiger partial charge in [0.1, 0.15) is 0 Å². The van der Waals surface area contributed by atoms with Crippen molar-refractivity contribution in [2.24, 2.45) is 0 Å². The van der Waals surface area contributed by atoms with Gasteiger partial charge in [-0.25, -0.2) is 0 Å². The fourth-order valence-electron chi connectivity index (χ4n) is 3.86. The molecule has 1 N–H and O–H groups in total. The van der Waals surface area contributed by atoms with Crippen molar-refractivity contribution in [2.45, 2.75) is 19.0 Å². The molecule has 0 saturated heterocycles. The molecule has 0 aromatic heterocycles. The quantitative estimate of drug-likeness (QED) is 0.470. The molecule has 144 valence electrons. The summed E-state index contributed by atoms with van der Waals surface area (Å²) in [5, 5.41) is 10.9. The summed E-state index contributed by atoms with van der Waals surface area (Å²) in [5.74, 6) is 0.179. The Balaban J connectivity index is 1.65. The molecule has 0 aliphatic heterocycles. The number of guanidine groups is 1. The van der Waals surface area contributed by atoms with Crippen LogP contribution in [0.2, 0.25) is 0 Å². The van der Waals surface area contributed by atoms with Crippen molar-refractivity contribution in [3.63, 3.8) is 0 Å². The minimum Gasteiger partial charge on any atom is -0.316 e. The highest BCUT2D eigenvalue weighted by atomic mass is 19.4. The van der Waals surface area contributed by atoms with Crippen molar-refractivity contribution in [1.82, 2.24) is 0 Å². The topological polar surface area (TPSA) is 30.3 Å². The highest BCUT2D eigenvalue weighted by Crippen LogP contribution is 2.37. The third-order valence-electron chi connectivity index (χ3n) is 5.43. The Morgan fingerprint density at radius 3 is 2.14 bits per heavy atom. The molecule has 3 aromatic carbocycles. The van der Waals surface area contributed by atoms with E-state index in [1.807, 2.05) is 19.2 Å². The van der Waals surface area contributed by atoms with Gasteiger partial charge in [0.2, 0.25) is 5.96 Å². The predicted molar refractivity (Wildman–Crippen MR) is 107 cm³/mol. The van der Waals surface area contributed by atoms with Crippen LogP contribution in [0.15, 0.2) is 54.6 Å². The summed E-state index contributed by atoms with van der Waals surface area (Å²) in [5.41, 5.74) is 3.38. The Morgan fingerprint density at radius 2 is 1.50 bits per heavy atom. The van der Waals surface area contributed by atoms with Crippen molar-refractivity contribution in [2.75, 3.05) is 23.9 Å². The van der Waals surface area contributed by atoms with E-state index in [9.17, 15) is 13.2 Å². The lowest BCUT2D eigenvalue weighted by atomic mass is 10.0.